The third-order valence-corrected chi connectivity index (χ3v) is 5.87. The highest BCUT2D eigenvalue weighted by molar-refractivity contribution is 14.1. The van der Waals surface area contributed by atoms with E-state index in [0.29, 0.717) is 0 Å². The van der Waals surface area contributed by atoms with Gasteiger partial charge in [-0.3, -0.25) is 0 Å². The largest absolute Gasteiger partial charge is 0.341 e. The Bertz CT molecular complexity index is 833. The molecule has 0 amide bonds. The molecule has 23 heavy (non-hydrogen) atoms. The second kappa shape index (κ2) is 7.72. The Balaban J connectivity index is 2.18. The van der Waals surface area contributed by atoms with Crippen LogP contribution < -0.4 is 0 Å². The predicted molar refractivity (Wildman–Crippen MR) is 118 cm³/mol. The minimum atomic E-state index is 1.03. The maximum absolute atomic E-state index is 2.51. The molecular weight excluding hydrogens is 508 g/mol. The standard InChI is InChI=1S/C20H23I2N/c1-3-5-6-7-8-14-11-16(22)13-18-17-12-15(21)9-10-19(17)23(4-2)20(14)18/h9-13H,3-8H2,1-2H3. The van der Waals surface area contributed by atoms with Gasteiger partial charge in [0, 0.05) is 30.0 Å². The summed E-state index contributed by atoms with van der Waals surface area (Å²) in [5.74, 6) is 0. The van der Waals surface area contributed by atoms with E-state index in [1.807, 2.05) is 0 Å². The van der Waals surface area contributed by atoms with E-state index in [4.69, 9.17) is 0 Å². The summed E-state index contributed by atoms with van der Waals surface area (Å²) < 4.78 is 5.18. The zero-order valence-corrected chi connectivity index (χ0v) is 18.1. The molecule has 3 rings (SSSR count). The smallest absolute Gasteiger partial charge is 0.0524 e. The first kappa shape index (κ1) is 17.5. The van der Waals surface area contributed by atoms with Gasteiger partial charge in [-0.05, 0) is 101 Å². The molecule has 3 aromatic rings. The normalized spacial score (nSPS) is 11.7. The number of aryl methyl sites for hydroxylation is 2. The Kier molecular flexibility index (Phi) is 5.88. The van der Waals surface area contributed by atoms with Crippen LogP contribution in [-0.4, -0.2) is 4.57 Å². The van der Waals surface area contributed by atoms with Gasteiger partial charge in [-0.25, -0.2) is 0 Å². The zero-order valence-electron chi connectivity index (χ0n) is 13.8. The highest BCUT2D eigenvalue weighted by Crippen LogP contribution is 2.34. The van der Waals surface area contributed by atoms with Crippen molar-refractivity contribution < 1.29 is 0 Å². The molecule has 0 bridgehead atoms. The number of fused-ring (bicyclic) bond motifs is 3. The molecule has 0 N–H and O–H groups in total. The Morgan fingerprint density at radius 1 is 0.870 bits per heavy atom. The highest BCUT2D eigenvalue weighted by atomic mass is 127. The number of aromatic nitrogens is 1. The summed E-state index contributed by atoms with van der Waals surface area (Å²) in [6.45, 7) is 5.57. The fourth-order valence-electron chi connectivity index (χ4n) is 3.52. The summed E-state index contributed by atoms with van der Waals surface area (Å²) >= 11 is 4.89. The molecule has 0 fully saturated rings. The van der Waals surface area contributed by atoms with Gasteiger partial charge in [0.1, 0.15) is 0 Å². The van der Waals surface area contributed by atoms with E-state index in [9.17, 15) is 0 Å². The van der Waals surface area contributed by atoms with Crippen molar-refractivity contribution in [1.82, 2.24) is 4.57 Å². The minimum Gasteiger partial charge on any atom is -0.341 e. The van der Waals surface area contributed by atoms with Crippen molar-refractivity contribution in [3.63, 3.8) is 0 Å². The van der Waals surface area contributed by atoms with Crippen LogP contribution in [0.15, 0.2) is 30.3 Å². The van der Waals surface area contributed by atoms with Crippen LogP contribution in [0, 0.1) is 7.14 Å². The van der Waals surface area contributed by atoms with Crippen LogP contribution in [0.1, 0.15) is 45.1 Å². The molecule has 0 aliphatic rings. The number of benzene rings is 2. The average molecular weight is 531 g/mol. The molecule has 2 aromatic carbocycles. The van der Waals surface area contributed by atoms with Crippen molar-refractivity contribution in [2.24, 2.45) is 0 Å². The summed E-state index contributed by atoms with van der Waals surface area (Å²) in [7, 11) is 0. The van der Waals surface area contributed by atoms with Gasteiger partial charge in [0.2, 0.25) is 0 Å². The van der Waals surface area contributed by atoms with E-state index in [1.165, 1.54) is 66.6 Å². The van der Waals surface area contributed by atoms with Gasteiger partial charge in [-0.2, -0.15) is 0 Å². The van der Waals surface area contributed by atoms with Crippen molar-refractivity contribution in [2.75, 3.05) is 0 Å². The van der Waals surface area contributed by atoms with Crippen LogP contribution in [-0.2, 0) is 13.0 Å². The van der Waals surface area contributed by atoms with Gasteiger partial charge in [-0.1, -0.05) is 26.2 Å². The number of hydrogen-bond donors (Lipinski definition) is 0. The number of rotatable bonds is 6. The van der Waals surface area contributed by atoms with E-state index in [-0.39, 0.29) is 0 Å². The quantitative estimate of drug-likeness (QED) is 0.235. The fraction of sp³-hybridized carbons (Fsp3) is 0.400. The van der Waals surface area contributed by atoms with Gasteiger partial charge in [-0.15, -0.1) is 0 Å². The maximum atomic E-state index is 2.51. The monoisotopic (exact) mass is 531 g/mol. The molecule has 0 aliphatic carbocycles. The zero-order chi connectivity index (χ0) is 16.4. The van der Waals surface area contributed by atoms with Crippen molar-refractivity contribution in [3.8, 4) is 0 Å². The number of nitrogens with zero attached hydrogens (tertiary/aromatic N) is 1. The SMILES string of the molecule is CCCCCCc1cc(I)cc2c3cc(I)ccc3n(CC)c12. The van der Waals surface area contributed by atoms with Gasteiger partial charge < -0.3 is 4.57 Å². The molecule has 0 aliphatic heterocycles. The topological polar surface area (TPSA) is 4.93 Å². The third kappa shape index (κ3) is 3.55. The van der Waals surface area contributed by atoms with E-state index in [2.05, 4.69) is 93.9 Å². The molecule has 0 spiro atoms. The molecule has 0 atom stereocenters. The summed E-state index contributed by atoms with van der Waals surface area (Å²) in [6, 6.07) is 11.6. The lowest BCUT2D eigenvalue weighted by molar-refractivity contribution is 0.666. The lowest BCUT2D eigenvalue weighted by Gasteiger charge is -2.10. The number of unbranched alkanes of at least 4 members (excludes halogenated alkanes) is 3. The van der Waals surface area contributed by atoms with Gasteiger partial charge >= 0.3 is 0 Å². The van der Waals surface area contributed by atoms with Gasteiger partial charge in [0.05, 0.1) is 5.52 Å². The lowest BCUT2D eigenvalue weighted by Crippen LogP contribution is -1.98. The molecule has 0 saturated carbocycles. The average Bonchev–Trinajstić information content (AvgIpc) is 2.84. The van der Waals surface area contributed by atoms with Crippen molar-refractivity contribution >= 4 is 67.0 Å². The molecule has 1 nitrogen and oxygen atoms in total. The summed E-state index contributed by atoms with van der Waals surface area (Å²) in [5, 5.41) is 2.83. The van der Waals surface area contributed by atoms with Gasteiger partial charge in [0.25, 0.3) is 0 Å². The lowest BCUT2D eigenvalue weighted by atomic mass is 10.0. The Morgan fingerprint density at radius 2 is 1.65 bits per heavy atom. The molecule has 0 unspecified atom stereocenters. The Hall–Kier alpha value is -0.300. The first-order chi connectivity index (χ1) is 11.2. The number of hydrogen-bond acceptors (Lipinski definition) is 0. The highest BCUT2D eigenvalue weighted by Gasteiger charge is 2.14. The summed E-state index contributed by atoms with van der Waals surface area (Å²) in [6.07, 6.45) is 6.48. The van der Waals surface area contributed by atoms with E-state index >= 15 is 0 Å². The van der Waals surface area contributed by atoms with Crippen LogP contribution in [0.2, 0.25) is 0 Å². The Morgan fingerprint density at radius 3 is 2.39 bits per heavy atom. The van der Waals surface area contributed by atoms with Crippen LogP contribution >= 0.6 is 45.2 Å². The second-order valence-corrected chi connectivity index (χ2v) is 8.67. The van der Waals surface area contributed by atoms with Crippen LogP contribution in [0.4, 0.5) is 0 Å². The molecule has 1 heterocycles. The van der Waals surface area contributed by atoms with E-state index in [0.717, 1.165) is 6.54 Å². The molecular formula is C20H23I2N. The molecule has 1 aromatic heterocycles. The fourth-order valence-corrected chi connectivity index (χ4v) is 4.70. The van der Waals surface area contributed by atoms with Crippen molar-refractivity contribution in [1.29, 1.82) is 0 Å². The summed E-state index contributed by atoms with van der Waals surface area (Å²) in [4.78, 5) is 0. The van der Waals surface area contributed by atoms with Crippen LogP contribution in [0.5, 0.6) is 0 Å². The van der Waals surface area contributed by atoms with Crippen LogP contribution in [0.25, 0.3) is 21.8 Å². The van der Waals surface area contributed by atoms with E-state index in [1.54, 1.807) is 0 Å². The van der Waals surface area contributed by atoms with Gasteiger partial charge in [0.15, 0.2) is 0 Å². The van der Waals surface area contributed by atoms with Crippen molar-refractivity contribution in [3.05, 3.63) is 43.0 Å². The molecule has 3 heteroatoms. The third-order valence-electron chi connectivity index (χ3n) is 4.58. The predicted octanol–water partition coefficient (Wildman–Crippen LogP) is 7.15. The number of halogens is 2. The summed E-state index contributed by atoms with van der Waals surface area (Å²) in [5.41, 5.74) is 4.36. The first-order valence-corrected chi connectivity index (χ1v) is 10.7. The first-order valence-electron chi connectivity index (χ1n) is 8.55. The van der Waals surface area contributed by atoms with E-state index < -0.39 is 0 Å². The molecule has 122 valence electrons. The minimum absolute atomic E-state index is 1.03. The second-order valence-electron chi connectivity index (χ2n) is 6.18. The van der Waals surface area contributed by atoms with Crippen LogP contribution in [0.3, 0.4) is 0 Å². The maximum Gasteiger partial charge on any atom is 0.0524 e. The molecule has 0 saturated heterocycles. The molecule has 0 radical (unpaired) electrons. The van der Waals surface area contributed by atoms with Crippen molar-refractivity contribution in [2.45, 2.75) is 52.5 Å². The Labute approximate surface area is 166 Å².